The van der Waals surface area contributed by atoms with Crippen molar-refractivity contribution in [3.05, 3.63) is 0 Å². The standard InChI is InChI=1S/C7H13NO3.ClH/c1-11-4-6(7(9)10)8-5-2-3-5;/h5-6,8H,2-4H2,1H3,(H,9,10);1H. The first-order valence-electron chi connectivity index (χ1n) is 3.72. The van der Waals surface area contributed by atoms with Gasteiger partial charge >= 0.3 is 5.97 Å². The molecule has 1 aliphatic carbocycles. The largest absolute Gasteiger partial charge is 0.480 e. The van der Waals surface area contributed by atoms with E-state index in [4.69, 9.17) is 9.84 Å². The molecule has 0 aromatic heterocycles. The predicted molar refractivity (Wildman–Crippen MR) is 46.7 cm³/mol. The molecule has 0 spiro atoms. The maximum atomic E-state index is 10.5. The maximum absolute atomic E-state index is 10.5. The minimum Gasteiger partial charge on any atom is -0.480 e. The van der Waals surface area contributed by atoms with Gasteiger partial charge in [-0.25, -0.2) is 0 Å². The van der Waals surface area contributed by atoms with Crippen molar-refractivity contribution >= 4 is 18.4 Å². The molecule has 0 heterocycles. The van der Waals surface area contributed by atoms with Crippen LogP contribution in [0.3, 0.4) is 0 Å². The molecular weight excluding hydrogens is 182 g/mol. The lowest BCUT2D eigenvalue weighted by Crippen LogP contribution is -2.41. The van der Waals surface area contributed by atoms with Crippen molar-refractivity contribution in [1.82, 2.24) is 5.32 Å². The van der Waals surface area contributed by atoms with Gasteiger partial charge in [-0.15, -0.1) is 12.4 Å². The lowest BCUT2D eigenvalue weighted by atomic mass is 10.3. The van der Waals surface area contributed by atoms with E-state index in [1.54, 1.807) is 0 Å². The number of carboxylic acid groups (broad SMARTS) is 1. The number of nitrogens with one attached hydrogen (secondary N) is 1. The smallest absolute Gasteiger partial charge is 0.323 e. The van der Waals surface area contributed by atoms with Crippen LogP contribution < -0.4 is 5.32 Å². The van der Waals surface area contributed by atoms with Crippen molar-refractivity contribution in [1.29, 1.82) is 0 Å². The van der Waals surface area contributed by atoms with Crippen LogP contribution in [0.25, 0.3) is 0 Å². The SMILES string of the molecule is COCC(NC1CC1)C(=O)O.Cl. The van der Waals surface area contributed by atoms with E-state index in [0.717, 1.165) is 12.8 Å². The third-order valence-electron chi connectivity index (χ3n) is 1.65. The van der Waals surface area contributed by atoms with Crippen molar-refractivity contribution in [3.8, 4) is 0 Å². The number of carboxylic acids is 1. The lowest BCUT2D eigenvalue weighted by molar-refractivity contribution is -0.140. The van der Waals surface area contributed by atoms with Crippen molar-refractivity contribution in [2.24, 2.45) is 0 Å². The van der Waals surface area contributed by atoms with Gasteiger partial charge in [0.05, 0.1) is 6.61 Å². The number of hydrogen-bond donors (Lipinski definition) is 2. The highest BCUT2D eigenvalue weighted by Crippen LogP contribution is 2.19. The molecule has 1 saturated carbocycles. The van der Waals surface area contributed by atoms with E-state index in [2.05, 4.69) is 5.32 Å². The summed E-state index contributed by atoms with van der Waals surface area (Å²) in [5.41, 5.74) is 0. The summed E-state index contributed by atoms with van der Waals surface area (Å²) in [6, 6.07) is -0.126. The molecule has 1 aliphatic rings. The van der Waals surface area contributed by atoms with Crippen LogP contribution in [0.15, 0.2) is 0 Å². The second-order valence-electron chi connectivity index (χ2n) is 2.79. The van der Waals surface area contributed by atoms with Gasteiger partial charge in [-0.2, -0.15) is 0 Å². The highest BCUT2D eigenvalue weighted by Gasteiger charge is 2.27. The predicted octanol–water partition coefficient (Wildman–Crippen LogP) is 0.260. The fourth-order valence-electron chi connectivity index (χ4n) is 0.892. The number of methoxy groups -OCH3 is 1. The van der Waals surface area contributed by atoms with Gasteiger partial charge in [0, 0.05) is 13.2 Å². The average molecular weight is 196 g/mol. The third kappa shape index (κ3) is 3.90. The molecule has 1 unspecified atom stereocenters. The van der Waals surface area contributed by atoms with Crippen LogP contribution in [-0.2, 0) is 9.53 Å². The van der Waals surface area contributed by atoms with Crippen molar-refractivity contribution < 1.29 is 14.6 Å². The molecule has 1 atom stereocenters. The molecule has 4 nitrogen and oxygen atoms in total. The Balaban J connectivity index is 0.00000121. The molecule has 0 amide bonds. The Labute approximate surface area is 77.7 Å². The minimum absolute atomic E-state index is 0. The van der Waals surface area contributed by atoms with Crippen molar-refractivity contribution in [2.75, 3.05) is 13.7 Å². The van der Waals surface area contributed by atoms with E-state index in [1.165, 1.54) is 7.11 Å². The summed E-state index contributed by atoms with van der Waals surface area (Å²) in [7, 11) is 1.50. The molecule has 72 valence electrons. The number of halogens is 1. The first-order chi connectivity index (χ1) is 5.24. The summed E-state index contributed by atoms with van der Waals surface area (Å²) in [4.78, 5) is 10.5. The zero-order valence-corrected chi connectivity index (χ0v) is 7.76. The number of aliphatic carboxylic acids is 1. The van der Waals surface area contributed by atoms with Crippen LogP contribution >= 0.6 is 12.4 Å². The summed E-state index contributed by atoms with van der Waals surface area (Å²) < 4.78 is 4.75. The molecule has 1 fully saturated rings. The first-order valence-corrected chi connectivity index (χ1v) is 3.72. The van der Waals surface area contributed by atoms with Gasteiger partial charge in [0.15, 0.2) is 0 Å². The van der Waals surface area contributed by atoms with Gasteiger partial charge in [0.25, 0.3) is 0 Å². The van der Waals surface area contributed by atoms with E-state index in [9.17, 15) is 4.79 Å². The molecule has 0 aliphatic heterocycles. The van der Waals surface area contributed by atoms with Crippen LogP contribution in [-0.4, -0.2) is 36.9 Å². The molecule has 2 N–H and O–H groups in total. The van der Waals surface area contributed by atoms with Gasteiger partial charge in [-0.05, 0) is 12.8 Å². The fraction of sp³-hybridized carbons (Fsp3) is 0.857. The van der Waals surface area contributed by atoms with Gasteiger partial charge in [-0.1, -0.05) is 0 Å². The highest BCUT2D eigenvalue weighted by molar-refractivity contribution is 5.85. The molecule has 0 saturated heterocycles. The van der Waals surface area contributed by atoms with Crippen LogP contribution in [0.5, 0.6) is 0 Å². The monoisotopic (exact) mass is 195 g/mol. The van der Waals surface area contributed by atoms with E-state index in [-0.39, 0.29) is 19.0 Å². The van der Waals surface area contributed by atoms with Crippen molar-refractivity contribution in [2.45, 2.75) is 24.9 Å². The topological polar surface area (TPSA) is 58.6 Å². The van der Waals surface area contributed by atoms with Crippen LogP contribution in [0.2, 0.25) is 0 Å². The third-order valence-corrected chi connectivity index (χ3v) is 1.65. The quantitative estimate of drug-likeness (QED) is 0.661. The summed E-state index contributed by atoms with van der Waals surface area (Å²) in [5.74, 6) is -0.834. The van der Waals surface area contributed by atoms with E-state index in [1.807, 2.05) is 0 Å². The molecule has 0 bridgehead atoms. The van der Waals surface area contributed by atoms with Crippen LogP contribution in [0.4, 0.5) is 0 Å². The zero-order chi connectivity index (χ0) is 8.27. The van der Waals surface area contributed by atoms with Gasteiger partial charge < -0.3 is 9.84 Å². The Morgan fingerprint density at radius 2 is 2.33 bits per heavy atom. The molecule has 5 heteroatoms. The summed E-state index contributed by atoms with van der Waals surface area (Å²) in [6.07, 6.45) is 2.18. The Morgan fingerprint density at radius 1 is 1.75 bits per heavy atom. The molecule has 0 aromatic rings. The molecule has 1 rings (SSSR count). The van der Waals surface area contributed by atoms with E-state index < -0.39 is 12.0 Å². The highest BCUT2D eigenvalue weighted by atomic mass is 35.5. The number of carbonyl (C=O) groups is 1. The Hall–Kier alpha value is -0.320. The zero-order valence-electron chi connectivity index (χ0n) is 6.95. The van der Waals surface area contributed by atoms with Gasteiger partial charge in [0.2, 0.25) is 0 Å². The van der Waals surface area contributed by atoms with Gasteiger partial charge in [0.1, 0.15) is 6.04 Å². The maximum Gasteiger partial charge on any atom is 0.323 e. The Morgan fingerprint density at radius 3 is 2.67 bits per heavy atom. The number of rotatable bonds is 5. The first kappa shape index (κ1) is 11.7. The van der Waals surface area contributed by atoms with Crippen LogP contribution in [0.1, 0.15) is 12.8 Å². The lowest BCUT2D eigenvalue weighted by Gasteiger charge is -2.11. The Bertz CT molecular complexity index is 150. The van der Waals surface area contributed by atoms with E-state index in [0.29, 0.717) is 6.04 Å². The average Bonchev–Trinajstić information content (AvgIpc) is 2.70. The second kappa shape index (κ2) is 5.35. The normalized spacial score (nSPS) is 18.1. The van der Waals surface area contributed by atoms with Crippen molar-refractivity contribution in [3.63, 3.8) is 0 Å². The summed E-state index contributed by atoms with van der Waals surface area (Å²) in [6.45, 7) is 0.242. The molecular formula is C7H14ClNO3. The Kier molecular flexibility index (Phi) is 5.20. The molecule has 12 heavy (non-hydrogen) atoms. The van der Waals surface area contributed by atoms with E-state index >= 15 is 0 Å². The second-order valence-corrected chi connectivity index (χ2v) is 2.79. The molecule has 0 aromatic carbocycles. The number of hydrogen-bond acceptors (Lipinski definition) is 3. The van der Waals surface area contributed by atoms with Gasteiger partial charge in [-0.3, -0.25) is 10.1 Å². The summed E-state index contributed by atoms with van der Waals surface area (Å²) >= 11 is 0. The fourth-order valence-corrected chi connectivity index (χ4v) is 0.892. The van der Waals surface area contributed by atoms with Crippen LogP contribution in [0, 0.1) is 0 Å². The number of ether oxygens (including phenoxy) is 1. The minimum atomic E-state index is -0.834. The molecule has 0 radical (unpaired) electrons. The summed E-state index contributed by atoms with van der Waals surface area (Å²) in [5, 5.41) is 11.6.